The maximum absolute atomic E-state index is 13.1. The van der Waals surface area contributed by atoms with Crippen LogP contribution < -0.4 is 0 Å². The second-order valence-corrected chi connectivity index (χ2v) is 31.3. The first kappa shape index (κ1) is 95.1. The van der Waals surface area contributed by atoms with Crippen LogP contribution in [-0.2, 0) is 65.4 Å². The zero-order chi connectivity index (χ0) is 71.2. The molecule has 0 aromatic heterocycles. The van der Waals surface area contributed by atoms with E-state index in [1.165, 1.54) is 238 Å². The summed E-state index contributed by atoms with van der Waals surface area (Å²) in [6, 6.07) is 0. The molecule has 0 rings (SSSR count). The fraction of sp³-hybridized carbons (Fsp3) is 0.949. The highest BCUT2D eigenvalue weighted by Crippen LogP contribution is 2.45. The topological polar surface area (TPSA) is 237 Å². The summed E-state index contributed by atoms with van der Waals surface area (Å²) in [5.74, 6) is -1.33. The molecule has 0 aromatic rings. The Labute approximate surface area is 594 Å². The maximum Gasteiger partial charge on any atom is 0.472 e. The minimum absolute atomic E-state index is 0.108. The summed E-state index contributed by atoms with van der Waals surface area (Å²) in [5.41, 5.74) is 0. The molecule has 576 valence electrons. The number of hydrogen-bond donors (Lipinski definition) is 3. The van der Waals surface area contributed by atoms with Gasteiger partial charge in [-0.05, 0) is 31.6 Å². The predicted octanol–water partition coefficient (Wildman–Crippen LogP) is 23.3. The summed E-state index contributed by atoms with van der Waals surface area (Å²) in [7, 11) is -9.91. The van der Waals surface area contributed by atoms with Gasteiger partial charge < -0.3 is 33.8 Å². The van der Waals surface area contributed by atoms with Crippen molar-refractivity contribution >= 4 is 39.5 Å². The lowest BCUT2D eigenvalue weighted by Gasteiger charge is -2.21. The van der Waals surface area contributed by atoms with Gasteiger partial charge in [0.25, 0.3) is 0 Å². The minimum atomic E-state index is -4.96. The van der Waals surface area contributed by atoms with E-state index in [0.717, 1.165) is 95.8 Å². The van der Waals surface area contributed by atoms with Gasteiger partial charge in [0.15, 0.2) is 12.2 Å². The van der Waals surface area contributed by atoms with Crippen LogP contribution in [0.2, 0.25) is 0 Å². The van der Waals surface area contributed by atoms with Gasteiger partial charge in [-0.25, -0.2) is 9.13 Å². The third kappa shape index (κ3) is 70.9. The minimum Gasteiger partial charge on any atom is -0.462 e. The van der Waals surface area contributed by atoms with Crippen LogP contribution in [0.25, 0.3) is 0 Å². The van der Waals surface area contributed by atoms with E-state index in [0.29, 0.717) is 25.7 Å². The third-order valence-electron chi connectivity index (χ3n) is 18.6. The molecular weight excluding hydrogens is 1270 g/mol. The van der Waals surface area contributed by atoms with Crippen LogP contribution in [0.15, 0.2) is 0 Å². The van der Waals surface area contributed by atoms with Crippen molar-refractivity contribution in [2.24, 2.45) is 5.92 Å². The Morgan fingerprint density at radius 3 is 0.732 bits per heavy atom. The molecule has 0 saturated heterocycles. The SMILES string of the molecule is CCCCCCCCCCCCCCCCCCCC(=O)O[C@H](COC(=O)CCCCCCCCCCCCCCCCC)COP(=O)(O)OC[C@@H](O)COP(=O)(O)OC[C@@H](COC(=O)CCCCCCCCCCC(C)CC)OC(=O)CCCCCCCCCCCCCCC. The van der Waals surface area contributed by atoms with Crippen LogP contribution >= 0.6 is 15.6 Å². The third-order valence-corrected chi connectivity index (χ3v) is 20.5. The summed E-state index contributed by atoms with van der Waals surface area (Å²) in [4.78, 5) is 72.9. The van der Waals surface area contributed by atoms with Gasteiger partial charge in [-0.3, -0.25) is 37.3 Å². The number of aliphatic hydroxyl groups is 1. The number of phosphoric acid groups is 2. The Bertz CT molecular complexity index is 1860. The van der Waals surface area contributed by atoms with Crippen LogP contribution in [0, 0.1) is 5.92 Å². The number of rotatable bonds is 78. The zero-order valence-corrected chi connectivity index (χ0v) is 65.0. The highest BCUT2D eigenvalue weighted by Gasteiger charge is 2.30. The number of esters is 4. The van der Waals surface area contributed by atoms with Crippen LogP contribution in [0.5, 0.6) is 0 Å². The lowest BCUT2D eigenvalue weighted by atomic mass is 9.99. The first-order valence-corrected chi connectivity index (χ1v) is 43.7. The van der Waals surface area contributed by atoms with E-state index in [9.17, 15) is 43.2 Å². The normalized spacial score (nSPS) is 14.2. The molecule has 19 heteroatoms. The smallest absolute Gasteiger partial charge is 0.462 e. The Hall–Kier alpha value is -1.94. The van der Waals surface area contributed by atoms with Gasteiger partial charge in [-0.1, -0.05) is 362 Å². The van der Waals surface area contributed by atoms with E-state index in [4.69, 9.17) is 37.0 Å². The number of carbonyl (C=O) groups excluding carboxylic acids is 4. The first-order valence-electron chi connectivity index (χ1n) is 40.7. The molecule has 0 aliphatic carbocycles. The number of aliphatic hydroxyl groups excluding tert-OH is 1. The summed E-state index contributed by atoms with van der Waals surface area (Å²) >= 11 is 0. The molecular formula is C78H152O17P2. The van der Waals surface area contributed by atoms with Crippen molar-refractivity contribution in [1.29, 1.82) is 0 Å². The second kappa shape index (κ2) is 71.1. The maximum atomic E-state index is 13.1. The molecule has 0 amide bonds. The van der Waals surface area contributed by atoms with E-state index in [-0.39, 0.29) is 25.7 Å². The molecule has 0 aromatic carbocycles. The molecule has 3 N–H and O–H groups in total. The van der Waals surface area contributed by atoms with Crippen molar-refractivity contribution in [3.05, 3.63) is 0 Å². The van der Waals surface area contributed by atoms with E-state index in [1.54, 1.807) is 0 Å². The molecule has 0 fully saturated rings. The van der Waals surface area contributed by atoms with Crippen molar-refractivity contribution < 1.29 is 80.2 Å². The van der Waals surface area contributed by atoms with Crippen molar-refractivity contribution in [2.45, 2.75) is 432 Å². The highest BCUT2D eigenvalue weighted by atomic mass is 31.2. The summed E-state index contributed by atoms with van der Waals surface area (Å²) in [6.07, 6.45) is 60.8. The second-order valence-electron chi connectivity index (χ2n) is 28.3. The van der Waals surface area contributed by atoms with E-state index >= 15 is 0 Å². The fourth-order valence-electron chi connectivity index (χ4n) is 12.0. The van der Waals surface area contributed by atoms with Gasteiger partial charge in [0.2, 0.25) is 0 Å². The van der Waals surface area contributed by atoms with Gasteiger partial charge in [-0.2, -0.15) is 0 Å². The van der Waals surface area contributed by atoms with E-state index < -0.39 is 97.5 Å². The standard InChI is InChI=1S/C78H152O17P2/c1-6-10-13-16-19-22-25-28-30-31-33-36-39-42-49-54-59-64-78(83)94-73(67-88-75(80)61-56-51-46-40-37-35-32-29-26-23-20-17-14-11-7-2)69-92-96(84,85)90-65-72(79)66-91-97(86,87)93-70-74(68-89-76(81)62-57-52-47-44-43-45-50-55-60-71(5)9-4)95-77(82)63-58-53-48-41-38-34-27-24-21-18-15-12-8-3/h71-74,79H,6-70H2,1-5H3,(H,84,85)(H,86,87)/t71?,72-,73-,74-/m1/s1. The Morgan fingerprint density at radius 2 is 0.495 bits per heavy atom. The average molecular weight is 1420 g/mol. The Kier molecular flexibility index (Phi) is 69.6. The first-order chi connectivity index (χ1) is 47.1. The van der Waals surface area contributed by atoms with E-state index in [2.05, 4.69) is 34.6 Å². The van der Waals surface area contributed by atoms with Crippen molar-refractivity contribution in [3.8, 4) is 0 Å². The quantitative estimate of drug-likeness (QED) is 0.0222. The number of unbranched alkanes of at least 4 members (excludes halogenated alkanes) is 49. The van der Waals surface area contributed by atoms with Gasteiger partial charge in [0.05, 0.1) is 26.4 Å². The average Bonchev–Trinajstić information content (AvgIpc) is 1.73. The van der Waals surface area contributed by atoms with Crippen molar-refractivity contribution in [2.75, 3.05) is 39.6 Å². The molecule has 17 nitrogen and oxygen atoms in total. The predicted molar refractivity (Wildman–Crippen MR) is 395 cm³/mol. The molecule has 0 heterocycles. The number of hydrogen-bond acceptors (Lipinski definition) is 15. The summed E-state index contributed by atoms with van der Waals surface area (Å²) < 4.78 is 68.6. The summed E-state index contributed by atoms with van der Waals surface area (Å²) in [6.45, 7) is 7.32. The van der Waals surface area contributed by atoms with Crippen molar-refractivity contribution in [3.63, 3.8) is 0 Å². The Morgan fingerprint density at radius 1 is 0.289 bits per heavy atom. The van der Waals surface area contributed by atoms with Crippen LogP contribution in [0.1, 0.15) is 413 Å². The lowest BCUT2D eigenvalue weighted by Crippen LogP contribution is -2.30. The number of ether oxygens (including phenoxy) is 4. The lowest BCUT2D eigenvalue weighted by molar-refractivity contribution is -0.161. The van der Waals surface area contributed by atoms with Crippen LogP contribution in [-0.4, -0.2) is 96.7 Å². The molecule has 0 radical (unpaired) electrons. The number of carbonyl (C=O) groups is 4. The molecule has 97 heavy (non-hydrogen) atoms. The van der Waals surface area contributed by atoms with Gasteiger partial charge in [0.1, 0.15) is 19.3 Å². The fourth-order valence-corrected chi connectivity index (χ4v) is 13.6. The molecule has 3 unspecified atom stereocenters. The van der Waals surface area contributed by atoms with Crippen LogP contribution in [0.4, 0.5) is 0 Å². The molecule has 6 atom stereocenters. The zero-order valence-electron chi connectivity index (χ0n) is 63.2. The monoisotopic (exact) mass is 1420 g/mol. The molecule has 0 saturated carbocycles. The largest absolute Gasteiger partial charge is 0.472 e. The van der Waals surface area contributed by atoms with Gasteiger partial charge in [0, 0.05) is 25.7 Å². The highest BCUT2D eigenvalue weighted by molar-refractivity contribution is 7.47. The van der Waals surface area contributed by atoms with Crippen molar-refractivity contribution in [1.82, 2.24) is 0 Å². The molecule has 0 aliphatic heterocycles. The number of phosphoric ester groups is 2. The summed E-state index contributed by atoms with van der Waals surface area (Å²) in [5, 5.41) is 10.6. The Balaban J connectivity index is 5.26. The molecule has 0 bridgehead atoms. The van der Waals surface area contributed by atoms with Gasteiger partial charge >= 0.3 is 39.5 Å². The van der Waals surface area contributed by atoms with Gasteiger partial charge in [-0.15, -0.1) is 0 Å². The van der Waals surface area contributed by atoms with Crippen LogP contribution in [0.3, 0.4) is 0 Å². The molecule has 0 aliphatic rings. The van der Waals surface area contributed by atoms with E-state index in [1.807, 2.05) is 0 Å². The molecule has 0 spiro atoms.